The van der Waals surface area contributed by atoms with Gasteiger partial charge in [0.15, 0.2) is 0 Å². The van der Waals surface area contributed by atoms with Crippen LogP contribution in [0.3, 0.4) is 0 Å². The monoisotopic (exact) mass is 126 g/mol. The van der Waals surface area contributed by atoms with E-state index in [2.05, 4.69) is 4.98 Å². The van der Waals surface area contributed by atoms with E-state index in [-0.39, 0.29) is 12.4 Å². The molecule has 1 aromatic heterocycles. The van der Waals surface area contributed by atoms with Gasteiger partial charge in [-0.3, -0.25) is 4.98 Å². The first kappa shape index (κ1) is 6.16. The summed E-state index contributed by atoms with van der Waals surface area (Å²) in [6.07, 6.45) is 2.67. The van der Waals surface area contributed by atoms with E-state index < -0.39 is 0 Å². The molecule has 0 aliphatic heterocycles. The third kappa shape index (κ3) is 1.23. The van der Waals surface area contributed by atoms with Crippen molar-refractivity contribution < 1.29 is 4.39 Å². The number of nitrogens with zero attached hydrogens (tertiary/aromatic N) is 1. The molecule has 1 aromatic rings. The van der Waals surface area contributed by atoms with Crippen molar-refractivity contribution in [3.63, 3.8) is 0 Å². The molecule has 3 heteroatoms. The molecule has 0 fully saturated rings. The molecule has 9 heavy (non-hydrogen) atoms. The normalized spacial score (nSPS) is 9.56. The Morgan fingerprint density at radius 2 is 2.44 bits per heavy atom. The van der Waals surface area contributed by atoms with E-state index in [1.165, 1.54) is 6.20 Å². The topological polar surface area (TPSA) is 38.9 Å². The van der Waals surface area contributed by atoms with Crippen molar-refractivity contribution >= 4 is 0 Å². The molecule has 48 valence electrons. The van der Waals surface area contributed by atoms with E-state index in [4.69, 9.17) is 5.73 Å². The van der Waals surface area contributed by atoms with Gasteiger partial charge in [-0.25, -0.2) is 4.39 Å². The molecule has 0 saturated heterocycles. The van der Waals surface area contributed by atoms with Gasteiger partial charge in [-0.1, -0.05) is 0 Å². The Hall–Kier alpha value is -0.960. The lowest BCUT2D eigenvalue weighted by Gasteiger charge is -1.94. The lowest BCUT2D eigenvalue weighted by Crippen LogP contribution is -1.99. The summed E-state index contributed by atoms with van der Waals surface area (Å²) >= 11 is 0. The third-order valence-electron chi connectivity index (χ3n) is 1.08. The zero-order valence-corrected chi connectivity index (χ0v) is 4.84. The van der Waals surface area contributed by atoms with Gasteiger partial charge in [0.2, 0.25) is 0 Å². The van der Waals surface area contributed by atoms with Crippen molar-refractivity contribution in [2.45, 2.75) is 6.54 Å². The van der Waals surface area contributed by atoms with Gasteiger partial charge in [0, 0.05) is 18.3 Å². The molecule has 0 bridgehead atoms. The smallest absolute Gasteiger partial charge is 0.145 e. The summed E-state index contributed by atoms with van der Waals surface area (Å²) in [5.74, 6) is -0.333. The molecule has 2 nitrogen and oxygen atoms in total. The van der Waals surface area contributed by atoms with Gasteiger partial charge in [-0.15, -0.1) is 0 Å². The van der Waals surface area contributed by atoms with Crippen LogP contribution >= 0.6 is 0 Å². The Balaban J connectivity index is 3.01. The fourth-order valence-corrected chi connectivity index (χ4v) is 0.570. The molecule has 0 unspecified atom stereocenters. The number of hydrogen-bond donors (Lipinski definition) is 1. The second-order valence-electron chi connectivity index (χ2n) is 1.67. The highest BCUT2D eigenvalue weighted by atomic mass is 19.1. The van der Waals surface area contributed by atoms with Crippen LogP contribution in [0.25, 0.3) is 0 Å². The van der Waals surface area contributed by atoms with Crippen molar-refractivity contribution in [3.05, 3.63) is 29.8 Å². The summed E-state index contributed by atoms with van der Waals surface area (Å²) in [5.41, 5.74) is 5.69. The van der Waals surface area contributed by atoms with Gasteiger partial charge in [0.1, 0.15) is 5.82 Å². The highest BCUT2D eigenvalue weighted by molar-refractivity contribution is 5.11. The van der Waals surface area contributed by atoms with Crippen molar-refractivity contribution in [2.75, 3.05) is 0 Å². The van der Waals surface area contributed by atoms with Crippen LogP contribution in [0.15, 0.2) is 18.5 Å². The van der Waals surface area contributed by atoms with E-state index in [1.54, 1.807) is 6.07 Å². The Morgan fingerprint density at radius 1 is 1.67 bits per heavy atom. The van der Waals surface area contributed by atoms with Crippen molar-refractivity contribution in [1.82, 2.24) is 4.98 Å². The van der Waals surface area contributed by atoms with Crippen LogP contribution in [0.4, 0.5) is 4.39 Å². The third-order valence-corrected chi connectivity index (χ3v) is 1.08. The average molecular weight is 126 g/mol. The standard InChI is InChI=1S/C6H7FN2/c7-6-4-9-2-1-5(6)3-8/h1-2,4H,3,8H2. The molecule has 0 amide bonds. The van der Waals surface area contributed by atoms with Crippen LogP contribution in [0.1, 0.15) is 5.56 Å². The fraction of sp³-hybridized carbons (Fsp3) is 0.167. The van der Waals surface area contributed by atoms with Crippen molar-refractivity contribution in [3.8, 4) is 0 Å². The van der Waals surface area contributed by atoms with Crippen molar-refractivity contribution in [2.24, 2.45) is 5.73 Å². The lowest BCUT2D eigenvalue weighted by atomic mass is 10.3. The summed E-state index contributed by atoms with van der Waals surface area (Å²) in [6, 6.07) is 1.56. The van der Waals surface area contributed by atoms with E-state index in [0.717, 1.165) is 6.20 Å². The Kier molecular flexibility index (Phi) is 1.75. The second kappa shape index (κ2) is 2.55. The summed E-state index contributed by atoms with van der Waals surface area (Å²) in [5, 5.41) is 0. The van der Waals surface area contributed by atoms with Crippen LogP contribution < -0.4 is 5.73 Å². The first-order valence-corrected chi connectivity index (χ1v) is 2.63. The quantitative estimate of drug-likeness (QED) is 0.601. The largest absolute Gasteiger partial charge is 0.326 e. The predicted octanol–water partition coefficient (Wildman–Crippen LogP) is 0.679. The van der Waals surface area contributed by atoms with Gasteiger partial charge in [-0.2, -0.15) is 0 Å². The summed E-state index contributed by atoms with van der Waals surface area (Å²) in [6.45, 7) is 0.231. The van der Waals surface area contributed by atoms with E-state index in [0.29, 0.717) is 5.56 Å². The number of halogens is 1. The second-order valence-corrected chi connectivity index (χ2v) is 1.67. The molecule has 2 N–H and O–H groups in total. The minimum atomic E-state index is -0.333. The summed E-state index contributed by atoms with van der Waals surface area (Å²) in [4.78, 5) is 3.56. The zero-order chi connectivity index (χ0) is 6.69. The molecule has 0 aliphatic carbocycles. The number of aromatic nitrogens is 1. The highest BCUT2D eigenvalue weighted by Crippen LogP contribution is 2.01. The van der Waals surface area contributed by atoms with Crippen LogP contribution in [-0.2, 0) is 6.54 Å². The van der Waals surface area contributed by atoms with E-state index in [9.17, 15) is 4.39 Å². The maximum atomic E-state index is 12.4. The minimum Gasteiger partial charge on any atom is -0.326 e. The summed E-state index contributed by atoms with van der Waals surface area (Å²) < 4.78 is 12.4. The zero-order valence-electron chi connectivity index (χ0n) is 4.84. The molecule has 0 spiro atoms. The SMILES string of the molecule is NCc1ccncc1F. The highest BCUT2D eigenvalue weighted by Gasteiger charge is 1.95. The number of hydrogen-bond acceptors (Lipinski definition) is 2. The van der Waals surface area contributed by atoms with Gasteiger partial charge in [-0.05, 0) is 6.07 Å². The number of nitrogens with two attached hydrogens (primary N) is 1. The Bertz CT molecular complexity index is 200. The molecule has 0 atom stereocenters. The average Bonchev–Trinajstić information content (AvgIpc) is 1.89. The van der Waals surface area contributed by atoms with Gasteiger partial charge >= 0.3 is 0 Å². The van der Waals surface area contributed by atoms with Crippen molar-refractivity contribution in [1.29, 1.82) is 0 Å². The van der Waals surface area contributed by atoms with Gasteiger partial charge in [0.25, 0.3) is 0 Å². The Labute approximate surface area is 52.5 Å². The van der Waals surface area contributed by atoms with E-state index in [1.807, 2.05) is 0 Å². The van der Waals surface area contributed by atoms with Gasteiger partial charge in [0.05, 0.1) is 6.20 Å². The van der Waals surface area contributed by atoms with Gasteiger partial charge < -0.3 is 5.73 Å². The maximum Gasteiger partial charge on any atom is 0.145 e. The van der Waals surface area contributed by atoms with Crippen LogP contribution in [0.2, 0.25) is 0 Å². The molecule has 0 aliphatic rings. The number of pyridine rings is 1. The minimum absolute atomic E-state index is 0.231. The number of rotatable bonds is 1. The van der Waals surface area contributed by atoms with Crippen LogP contribution in [0.5, 0.6) is 0 Å². The molecule has 1 heterocycles. The molecular formula is C6H7FN2. The Morgan fingerprint density at radius 3 is 2.89 bits per heavy atom. The molecular weight excluding hydrogens is 119 g/mol. The predicted molar refractivity (Wildman–Crippen MR) is 32.1 cm³/mol. The van der Waals surface area contributed by atoms with Crippen LogP contribution in [-0.4, -0.2) is 4.98 Å². The first-order valence-electron chi connectivity index (χ1n) is 2.63. The summed E-state index contributed by atoms with van der Waals surface area (Å²) in [7, 11) is 0. The molecule has 0 radical (unpaired) electrons. The first-order chi connectivity index (χ1) is 4.34. The molecule has 0 saturated carbocycles. The lowest BCUT2D eigenvalue weighted by molar-refractivity contribution is 0.604. The molecule has 1 rings (SSSR count). The molecule has 0 aromatic carbocycles. The van der Waals surface area contributed by atoms with E-state index >= 15 is 0 Å². The van der Waals surface area contributed by atoms with Crippen LogP contribution in [0, 0.1) is 5.82 Å². The maximum absolute atomic E-state index is 12.4. The fourth-order valence-electron chi connectivity index (χ4n) is 0.570.